The van der Waals surface area contributed by atoms with Crippen LogP contribution in [0.5, 0.6) is 0 Å². The number of aliphatic carboxylic acids is 1. The summed E-state index contributed by atoms with van der Waals surface area (Å²) in [4.78, 5) is 10.9. The van der Waals surface area contributed by atoms with E-state index in [-0.39, 0.29) is 13.0 Å². The number of hydrogen-bond donors (Lipinski definition) is 2. The zero-order valence-electron chi connectivity index (χ0n) is 9.27. The van der Waals surface area contributed by atoms with Gasteiger partial charge in [-0.25, -0.2) is 0 Å². The number of nitrogens with zero attached hydrogens (tertiary/aromatic N) is 1. The molecule has 10 heteroatoms. The first-order valence-electron chi connectivity index (χ1n) is 5.19. The number of alkyl halides is 3. The van der Waals surface area contributed by atoms with Crippen molar-refractivity contribution in [3.8, 4) is 0 Å². The number of piperidine rings is 1. The Kier molecular flexibility index (Phi) is 4.56. The van der Waals surface area contributed by atoms with Gasteiger partial charge in [-0.15, -0.1) is 0 Å². The van der Waals surface area contributed by atoms with Crippen LogP contribution in [0.1, 0.15) is 19.3 Å². The van der Waals surface area contributed by atoms with E-state index >= 15 is 0 Å². The molecule has 6 nitrogen and oxygen atoms in total. The van der Waals surface area contributed by atoms with Gasteiger partial charge in [0, 0.05) is 6.54 Å². The number of halogens is 3. The molecule has 1 aliphatic heterocycles. The molecule has 0 aromatic heterocycles. The smallest absolute Gasteiger partial charge is 0.402 e. The number of hydrogen-bond acceptors (Lipinski definition) is 3. The number of nitrogens with one attached hydrogen (secondary N) is 1. The Bertz CT molecular complexity index is 409. The van der Waals surface area contributed by atoms with Crippen molar-refractivity contribution in [1.82, 2.24) is 9.03 Å². The molecule has 0 aromatic rings. The zero-order valence-corrected chi connectivity index (χ0v) is 10.1. The third-order valence-electron chi connectivity index (χ3n) is 2.50. The van der Waals surface area contributed by atoms with Crippen molar-refractivity contribution in [3.63, 3.8) is 0 Å². The van der Waals surface area contributed by atoms with Crippen molar-refractivity contribution in [2.75, 3.05) is 13.1 Å². The molecular formula is C8H13F3N2O4S. The van der Waals surface area contributed by atoms with Gasteiger partial charge in [0.1, 0.15) is 12.6 Å². The van der Waals surface area contributed by atoms with Crippen LogP contribution < -0.4 is 4.72 Å². The highest BCUT2D eigenvalue weighted by Crippen LogP contribution is 2.21. The van der Waals surface area contributed by atoms with E-state index in [9.17, 15) is 26.4 Å². The van der Waals surface area contributed by atoms with E-state index in [1.165, 1.54) is 4.72 Å². The molecule has 0 radical (unpaired) electrons. The molecule has 1 atom stereocenters. The Morgan fingerprint density at radius 1 is 1.39 bits per heavy atom. The molecule has 0 amide bonds. The standard InChI is InChI=1S/C8H13F3N2O4S/c9-8(10,11)5-12-18(16,17)13-4-2-1-3-6(13)7(14)15/h6,12H,1-5H2,(H,14,15)/t6-/m0/s1. The van der Waals surface area contributed by atoms with Crippen LogP contribution in [0.4, 0.5) is 13.2 Å². The third-order valence-corrected chi connectivity index (χ3v) is 4.07. The minimum Gasteiger partial charge on any atom is -0.480 e. The summed E-state index contributed by atoms with van der Waals surface area (Å²) in [5, 5.41) is 8.84. The zero-order chi connectivity index (χ0) is 14.0. The van der Waals surface area contributed by atoms with Gasteiger partial charge in [-0.3, -0.25) is 4.79 Å². The van der Waals surface area contributed by atoms with Crippen LogP contribution in [-0.2, 0) is 15.0 Å². The molecule has 0 aromatic carbocycles. The fourth-order valence-electron chi connectivity index (χ4n) is 1.70. The molecule has 0 unspecified atom stereocenters. The molecule has 1 fully saturated rings. The summed E-state index contributed by atoms with van der Waals surface area (Å²) in [5.41, 5.74) is 0. The fraction of sp³-hybridized carbons (Fsp3) is 0.875. The summed E-state index contributed by atoms with van der Waals surface area (Å²) in [5.74, 6) is -1.35. The lowest BCUT2D eigenvalue weighted by Crippen LogP contribution is -2.53. The predicted molar refractivity (Wildman–Crippen MR) is 55.0 cm³/mol. The minimum absolute atomic E-state index is 0.0931. The van der Waals surface area contributed by atoms with Gasteiger partial charge in [-0.1, -0.05) is 0 Å². The van der Waals surface area contributed by atoms with Crippen molar-refractivity contribution in [2.24, 2.45) is 0 Å². The first-order chi connectivity index (χ1) is 8.13. The number of rotatable bonds is 4. The van der Waals surface area contributed by atoms with Crippen molar-refractivity contribution in [2.45, 2.75) is 31.5 Å². The van der Waals surface area contributed by atoms with Crippen molar-refractivity contribution in [1.29, 1.82) is 0 Å². The lowest BCUT2D eigenvalue weighted by molar-refractivity contribution is -0.142. The van der Waals surface area contributed by atoms with Gasteiger partial charge in [0.15, 0.2) is 0 Å². The van der Waals surface area contributed by atoms with Crippen molar-refractivity contribution < 1.29 is 31.5 Å². The lowest BCUT2D eigenvalue weighted by atomic mass is 10.1. The molecule has 106 valence electrons. The van der Waals surface area contributed by atoms with Crippen molar-refractivity contribution in [3.05, 3.63) is 0 Å². The Balaban J connectivity index is 2.78. The third kappa shape index (κ3) is 4.10. The number of carboxylic acid groups (broad SMARTS) is 1. The molecule has 1 rings (SSSR count). The van der Waals surface area contributed by atoms with Gasteiger partial charge in [0.25, 0.3) is 10.2 Å². The molecule has 2 N–H and O–H groups in total. The van der Waals surface area contributed by atoms with Crippen LogP contribution >= 0.6 is 0 Å². The molecule has 1 aliphatic rings. The summed E-state index contributed by atoms with van der Waals surface area (Å²) in [6, 6.07) is -1.30. The molecule has 0 bridgehead atoms. The van der Waals surface area contributed by atoms with E-state index in [0.717, 1.165) is 0 Å². The highest BCUT2D eigenvalue weighted by molar-refractivity contribution is 7.87. The first kappa shape index (κ1) is 15.2. The molecule has 0 aliphatic carbocycles. The van der Waals surface area contributed by atoms with Gasteiger partial charge in [-0.2, -0.15) is 30.6 Å². The van der Waals surface area contributed by atoms with Crippen LogP contribution in [-0.4, -0.2) is 49.1 Å². The van der Waals surface area contributed by atoms with E-state index in [4.69, 9.17) is 5.11 Å². The predicted octanol–water partition coefficient (Wildman–Crippen LogP) is 0.322. The Hall–Kier alpha value is -0.870. The van der Waals surface area contributed by atoms with E-state index in [1.54, 1.807) is 0 Å². The first-order valence-corrected chi connectivity index (χ1v) is 6.63. The van der Waals surface area contributed by atoms with Crippen LogP contribution in [0.15, 0.2) is 0 Å². The highest BCUT2D eigenvalue weighted by atomic mass is 32.2. The van der Waals surface area contributed by atoms with Crippen LogP contribution in [0.25, 0.3) is 0 Å². The molecule has 1 saturated heterocycles. The number of carbonyl (C=O) groups is 1. The van der Waals surface area contributed by atoms with Gasteiger partial charge in [-0.05, 0) is 19.3 Å². The fourth-order valence-corrected chi connectivity index (χ4v) is 3.11. The quantitative estimate of drug-likeness (QED) is 0.781. The molecule has 0 saturated carbocycles. The van der Waals surface area contributed by atoms with Gasteiger partial charge < -0.3 is 5.11 Å². The lowest BCUT2D eigenvalue weighted by Gasteiger charge is -2.31. The van der Waals surface area contributed by atoms with E-state index in [0.29, 0.717) is 17.1 Å². The topological polar surface area (TPSA) is 86.7 Å². The SMILES string of the molecule is O=C(O)[C@@H]1CCCCN1S(=O)(=O)NCC(F)(F)F. The maximum Gasteiger partial charge on any atom is 0.402 e. The molecular weight excluding hydrogens is 277 g/mol. The summed E-state index contributed by atoms with van der Waals surface area (Å²) in [7, 11) is -4.43. The summed E-state index contributed by atoms with van der Waals surface area (Å²) < 4.78 is 61.0. The molecule has 18 heavy (non-hydrogen) atoms. The highest BCUT2D eigenvalue weighted by Gasteiger charge is 2.38. The second kappa shape index (κ2) is 5.41. The Morgan fingerprint density at radius 2 is 2.00 bits per heavy atom. The maximum absolute atomic E-state index is 11.9. The van der Waals surface area contributed by atoms with Crippen LogP contribution in [0.3, 0.4) is 0 Å². The van der Waals surface area contributed by atoms with E-state index < -0.39 is 34.9 Å². The number of carboxylic acids is 1. The average molecular weight is 290 g/mol. The maximum atomic E-state index is 11.9. The summed E-state index contributed by atoms with van der Waals surface area (Å²) >= 11 is 0. The van der Waals surface area contributed by atoms with Crippen LogP contribution in [0.2, 0.25) is 0 Å². The molecule has 1 heterocycles. The minimum atomic E-state index is -4.68. The van der Waals surface area contributed by atoms with Gasteiger partial charge in [0.05, 0.1) is 0 Å². The Labute approximate surface area is 102 Å². The van der Waals surface area contributed by atoms with E-state index in [1.807, 2.05) is 0 Å². The largest absolute Gasteiger partial charge is 0.480 e. The Morgan fingerprint density at radius 3 is 2.50 bits per heavy atom. The molecule has 0 spiro atoms. The van der Waals surface area contributed by atoms with Crippen molar-refractivity contribution >= 4 is 16.2 Å². The second-order valence-electron chi connectivity index (χ2n) is 3.90. The average Bonchev–Trinajstić information content (AvgIpc) is 2.26. The second-order valence-corrected chi connectivity index (χ2v) is 5.61. The normalized spacial score (nSPS) is 22.9. The van der Waals surface area contributed by atoms with Gasteiger partial charge in [0.2, 0.25) is 0 Å². The van der Waals surface area contributed by atoms with Crippen LogP contribution in [0, 0.1) is 0 Å². The van der Waals surface area contributed by atoms with Gasteiger partial charge >= 0.3 is 12.1 Å². The summed E-state index contributed by atoms with van der Waals surface area (Å²) in [6.45, 7) is -1.80. The monoisotopic (exact) mass is 290 g/mol. The summed E-state index contributed by atoms with van der Waals surface area (Å²) in [6.07, 6.45) is -3.62. The van der Waals surface area contributed by atoms with E-state index in [2.05, 4.69) is 0 Å².